The molecule has 1 aliphatic heterocycles. The van der Waals surface area contributed by atoms with E-state index >= 15 is 0 Å². The molecule has 1 fully saturated rings. The lowest BCUT2D eigenvalue weighted by molar-refractivity contribution is 0.0904. The molecule has 1 aromatic rings. The number of hydrogen-bond acceptors (Lipinski definition) is 2. The van der Waals surface area contributed by atoms with Crippen molar-refractivity contribution in [2.45, 2.75) is 45.6 Å². The number of ether oxygens (including phenoxy) is 1. The SMILES string of the molecule is Cc1cccc(C(C)C)c1NC1CCOCC1. The first-order valence-electron chi connectivity index (χ1n) is 6.62. The zero-order valence-electron chi connectivity index (χ0n) is 11.1. The molecule has 0 spiro atoms. The highest BCUT2D eigenvalue weighted by Gasteiger charge is 2.16. The maximum Gasteiger partial charge on any atom is 0.0485 e. The summed E-state index contributed by atoms with van der Waals surface area (Å²) in [7, 11) is 0. The van der Waals surface area contributed by atoms with E-state index in [0.29, 0.717) is 12.0 Å². The molecule has 0 unspecified atom stereocenters. The van der Waals surface area contributed by atoms with Crippen LogP contribution in [-0.4, -0.2) is 19.3 Å². The molecule has 94 valence electrons. The van der Waals surface area contributed by atoms with Gasteiger partial charge in [0.15, 0.2) is 0 Å². The van der Waals surface area contributed by atoms with Gasteiger partial charge in [-0.3, -0.25) is 0 Å². The number of aryl methyl sites for hydroxylation is 1. The van der Waals surface area contributed by atoms with Crippen molar-refractivity contribution >= 4 is 5.69 Å². The Morgan fingerprint density at radius 1 is 1.24 bits per heavy atom. The van der Waals surface area contributed by atoms with Crippen LogP contribution in [0.15, 0.2) is 18.2 Å². The fraction of sp³-hybridized carbons (Fsp3) is 0.600. The first-order valence-corrected chi connectivity index (χ1v) is 6.62. The molecule has 1 aromatic carbocycles. The van der Waals surface area contributed by atoms with Gasteiger partial charge in [-0.05, 0) is 36.8 Å². The van der Waals surface area contributed by atoms with Gasteiger partial charge < -0.3 is 10.1 Å². The predicted octanol–water partition coefficient (Wildman–Crippen LogP) is 3.71. The smallest absolute Gasteiger partial charge is 0.0485 e. The molecule has 0 amide bonds. The lowest BCUT2D eigenvalue weighted by Crippen LogP contribution is -2.28. The molecule has 2 heteroatoms. The second-order valence-electron chi connectivity index (χ2n) is 5.22. The lowest BCUT2D eigenvalue weighted by Gasteiger charge is -2.27. The molecular weight excluding hydrogens is 210 g/mol. The van der Waals surface area contributed by atoms with E-state index in [4.69, 9.17) is 4.74 Å². The minimum absolute atomic E-state index is 0.567. The number of rotatable bonds is 3. The Morgan fingerprint density at radius 2 is 1.94 bits per heavy atom. The fourth-order valence-electron chi connectivity index (χ4n) is 2.41. The van der Waals surface area contributed by atoms with Crippen LogP contribution in [0.1, 0.15) is 43.7 Å². The Morgan fingerprint density at radius 3 is 2.59 bits per heavy atom. The van der Waals surface area contributed by atoms with E-state index < -0.39 is 0 Å². The first kappa shape index (κ1) is 12.4. The van der Waals surface area contributed by atoms with E-state index in [1.54, 1.807) is 0 Å². The Labute approximate surface area is 104 Å². The molecular formula is C15H23NO. The van der Waals surface area contributed by atoms with Crippen molar-refractivity contribution in [2.24, 2.45) is 0 Å². The summed E-state index contributed by atoms with van der Waals surface area (Å²) < 4.78 is 5.41. The van der Waals surface area contributed by atoms with E-state index in [-0.39, 0.29) is 0 Å². The van der Waals surface area contributed by atoms with Gasteiger partial charge in [0, 0.05) is 24.9 Å². The minimum atomic E-state index is 0.567. The third-order valence-corrected chi connectivity index (χ3v) is 3.50. The standard InChI is InChI=1S/C15H23NO/c1-11(2)14-6-4-5-12(3)15(14)16-13-7-9-17-10-8-13/h4-6,11,13,16H,7-10H2,1-3H3. The summed E-state index contributed by atoms with van der Waals surface area (Å²) in [4.78, 5) is 0. The molecule has 2 nitrogen and oxygen atoms in total. The van der Waals surface area contributed by atoms with Gasteiger partial charge in [-0.15, -0.1) is 0 Å². The molecule has 0 saturated carbocycles. The van der Waals surface area contributed by atoms with Crippen molar-refractivity contribution in [3.05, 3.63) is 29.3 Å². The monoisotopic (exact) mass is 233 g/mol. The number of nitrogens with one attached hydrogen (secondary N) is 1. The van der Waals surface area contributed by atoms with E-state index in [0.717, 1.165) is 26.1 Å². The van der Waals surface area contributed by atoms with Crippen molar-refractivity contribution in [1.82, 2.24) is 0 Å². The van der Waals surface area contributed by atoms with Crippen LogP contribution in [0.5, 0.6) is 0 Å². The van der Waals surface area contributed by atoms with Crippen LogP contribution in [-0.2, 0) is 4.74 Å². The Hall–Kier alpha value is -1.02. The highest BCUT2D eigenvalue weighted by Crippen LogP contribution is 2.29. The van der Waals surface area contributed by atoms with Gasteiger partial charge >= 0.3 is 0 Å². The van der Waals surface area contributed by atoms with Gasteiger partial charge in [0.05, 0.1) is 0 Å². The second-order valence-corrected chi connectivity index (χ2v) is 5.22. The molecule has 0 aliphatic carbocycles. The van der Waals surface area contributed by atoms with Crippen molar-refractivity contribution in [2.75, 3.05) is 18.5 Å². The summed E-state index contributed by atoms with van der Waals surface area (Å²) in [6.07, 6.45) is 2.23. The van der Waals surface area contributed by atoms with Gasteiger partial charge in [0.2, 0.25) is 0 Å². The first-order chi connectivity index (χ1) is 8.18. The summed E-state index contributed by atoms with van der Waals surface area (Å²) in [5.74, 6) is 0.567. The molecule has 17 heavy (non-hydrogen) atoms. The third-order valence-electron chi connectivity index (χ3n) is 3.50. The fourth-order valence-corrected chi connectivity index (χ4v) is 2.41. The Balaban J connectivity index is 2.18. The van der Waals surface area contributed by atoms with Crippen LogP contribution in [0.25, 0.3) is 0 Å². The molecule has 1 N–H and O–H groups in total. The van der Waals surface area contributed by atoms with E-state index in [1.165, 1.54) is 16.8 Å². The molecule has 0 aromatic heterocycles. The molecule has 1 saturated heterocycles. The molecule has 1 aliphatic rings. The predicted molar refractivity (Wildman–Crippen MR) is 72.7 cm³/mol. The minimum Gasteiger partial charge on any atom is -0.382 e. The molecule has 1 heterocycles. The number of para-hydroxylation sites is 1. The molecule has 2 rings (SSSR count). The molecule has 0 radical (unpaired) electrons. The van der Waals surface area contributed by atoms with Crippen LogP contribution in [0.3, 0.4) is 0 Å². The Bertz CT molecular complexity index is 367. The number of anilines is 1. The van der Waals surface area contributed by atoms with Crippen molar-refractivity contribution < 1.29 is 4.74 Å². The van der Waals surface area contributed by atoms with Crippen molar-refractivity contribution in [3.8, 4) is 0 Å². The maximum absolute atomic E-state index is 5.41. The topological polar surface area (TPSA) is 21.3 Å². The van der Waals surface area contributed by atoms with Crippen LogP contribution >= 0.6 is 0 Å². The molecule has 0 bridgehead atoms. The van der Waals surface area contributed by atoms with Gasteiger partial charge in [-0.25, -0.2) is 0 Å². The number of benzene rings is 1. The van der Waals surface area contributed by atoms with Crippen LogP contribution in [0.2, 0.25) is 0 Å². The average Bonchev–Trinajstić information content (AvgIpc) is 2.33. The summed E-state index contributed by atoms with van der Waals surface area (Å²) in [6.45, 7) is 8.47. The largest absolute Gasteiger partial charge is 0.382 e. The number of hydrogen-bond donors (Lipinski definition) is 1. The quantitative estimate of drug-likeness (QED) is 0.859. The van der Waals surface area contributed by atoms with Gasteiger partial charge in [-0.2, -0.15) is 0 Å². The summed E-state index contributed by atoms with van der Waals surface area (Å²) in [6, 6.07) is 7.15. The summed E-state index contributed by atoms with van der Waals surface area (Å²) in [5, 5.41) is 3.72. The van der Waals surface area contributed by atoms with Crippen LogP contribution in [0, 0.1) is 6.92 Å². The van der Waals surface area contributed by atoms with Crippen molar-refractivity contribution in [3.63, 3.8) is 0 Å². The van der Waals surface area contributed by atoms with Crippen molar-refractivity contribution in [1.29, 1.82) is 0 Å². The maximum atomic E-state index is 5.41. The van der Waals surface area contributed by atoms with Crippen LogP contribution < -0.4 is 5.32 Å². The highest BCUT2D eigenvalue weighted by molar-refractivity contribution is 5.59. The third kappa shape index (κ3) is 3.01. The van der Waals surface area contributed by atoms with Gasteiger partial charge in [0.25, 0.3) is 0 Å². The normalized spacial score (nSPS) is 17.4. The van der Waals surface area contributed by atoms with Gasteiger partial charge in [-0.1, -0.05) is 32.0 Å². The molecule has 0 atom stereocenters. The Kier molecular flexibility index (Phi) is 4.06. The summed E-state index contributed by atoms with van der Waals surface area (Å²) in [5.41, 5.74) is 4.12. The van der Waals surface area contributed by atoms with Crippen LogP contribution in [0.4, 0.5) is 5.69 Å². The van der Waals surface area contributed by atoms with Gasteiger partial charge in [0.1, 0.15) is 0 Å². The highest BCUT2D eigenvalue weighted by atomic mass is 16.5. The van der Waals surface area contributed by atoms with E-state index in [1.807, 2.05) is 0 Å². The van der Waals surface area contributed by atoms with E-state index in [2.05, 4.69) is 44.3 Å². The zero-order chi connectivity index (χ0) is 12.3. The zero-order valence-corrected chi connectivity index (χ0v) is 11.1. The second kappa shape index (κ2) is 5.54. The van der Waals surface area contributed by atoms with E-state index in [9.17, 15) is 0 Å². The summed E-state index contributed by atoms with van der Waals surface area (Å²) >= 11 is 0. The lowest BCUT2D eigenvalue weighted by atomic mass is 9.97. The average molecular weight is 233 g/mol.